The Morgan fingerprint density at radius 2 is 1.87 bits per heavy atom. The molecule has 0 saturated carbocycles. The number of likely N-dealkylation sites (tertiary alicyclic amines) is 1. The van der Waals surface area contributed by atoms with Crippen molar-refractivity contribution < 1.29 is 18.7 Å². The Morgan fingerprint density at radius 1 is 1.06 bits per heavy atom. The molecule has 2 aliphatic heterocycles. The smallest absolute Gasteiger partial charge is 0.257 e. The van der Waals surface area contributed by atoms with Crippen molar-refractivity contribution in [2.24, 2.45) is 5.92 Å². The molecule has 0 radical (unpaired) electrons. The summed E-state index contributed by atoms with van der Waals surface area (Å²) in [4.78, 5) is 29.5. The lowest BCUT2D eigenvalue weighted by Crippen LogP contribution is -2.42. The van der Waals surface area contributed by atoms with Crippen LogP contribution in [0.1, 0.15) is 48.0 Å². The highest BCUT2D eigenvalue weighted by Gasteiger charge is 2.27. The summed E-state index contributed by atoms with van der Waals surface area (Å²) in [7, 11) is 0. The zero-order valence-corrected chi connectivity index (χ0v) is 18.1. The number of nitrogens with zero attached hydrogens (tertiary/aromatic N) is 2. The van der Waals surface area contributed by atoms with Crippen molar-refractivity contribution in [1.82, 2.24) is 9.80 Å². The van der Waals surface area contributed by atoms with Gasteiger partial charge in [0.1, 0.15) is 6.26 Å². The standard InChI is InChI=1S/C25H32N2O4/c28-24(26-12-8-21(9-13-26)17-20-5-2-1-3-6-20)10-14-27(18-23-7-4-15-31-23)25(29)22-11-16-30-19-22/h1-3,5-6,11,16,19,21,23H,4,7-10,12-15,17-18H2. The summed E-state index contributed by atoms with van der Waals surface area (Å²) in [6.07, 6.45) is 8.50. The van der Waals surface area contributed by atoms with Gasteiger partial charge >= 0.3 is 0 Å². The first kappa shape index (κ1) is 21.6. The van der Waals surface area contributed by atoms with Gasteiger partial charge in [-0.25, -0.2) is 0 Å². The quantitative estimate of drug-likeness (QED) is 0.647. The Balaban J connectivity index is 1.27. The SMILES string of the molecule is O=C(CCN(CC1CCCO1)C(=O)c1ccoc1)N1CCC(Cc2ccccc2)CC1. The molecule has 4 rings (SSSR count). The van der Waals surface area contributed by atoms with E-state index >= 15 is 0 Å². The van der Waals surface area contributed by atoms with Gasteiger partial charge in [-0.2, -0.15) is 0 Å². The van der Waals surface area contributed by atoms with Gasteiger partial charge in [-0.3, -0.25) is 9.59 Å². The van der Waals surface area contributed by atoms with E-state index in [1.54, 1.807) is 11.0 Å². The van der Waals surface area contributed by atoms with Gasteiger partial charge in [-0.1, -0.05) is 30.3 Å². The van der Waals surface area contributed by atoms with E-state index in [4.69, 9.17) is 9.15 Å². The minimum absolute atomic E-state index is 0.0553. The monoisotopic (exact) mass is 424 g/mol. The first-order valence-electron chi connectivity index (χ1n) is 11.4. The molecule has 0 spiro atoms. The Morgan fingerprint density at radius 3 is 2.55 bits per heavy atom. The van der Waals surface area contributed by atoms with Gasteiger partial charge in [-0.05, 0) is 49.7 Å². The highest BCUT2D eigenvalue weighted by Crippen LogP contribution is 2.22. The summed E-state index contributed by atoms with van der Waals surface area (Å²) in [5.41, 5.74) is 1.89. The van der Waals surface area contributed by atoms with E-state index in [-0.39, 0.29) is 17.9 Å². The van der Waals surface area contributed by atoms with Gasteiger partial charge in [0, 0.05) is 39.2 Å². The van der Waals surface area contributed by atoms with E-state index in [9.17, 15) is 9.59 Å². The molecule has 2 aromatic rings. The van der Waals surface area contributed by atoms with Crippen LogP contribution >= 0.6 is 0 Å². The van der Waals surface area contributed by atoms with Crippen LogP contribution in [0.15, 0.2) is 53.3 Å². The summed E-state index contributed by atoms with van der Waals surface area (Å²) in [6, 6.07) is 12.2. The summed E-state index contributed by atoms with van der Waals surface area (Å²) in [5, 5.41) is 0. The summed E-state index contributed by atoms with van der Waals surface area (Å²) in [5.74, 6) is 0.666. The lowest BCUT2D eigenvalue weighted by molar-refractivity contribution is -0.132. The number of hydrogen-bond donors (Lipinski definition) is 0. The molecule has 3 heterocycles. The lowest BCUT2D eigenvalue weighted by atomic mass is 9.90. The van der Waals surface area contributed by atoms with Crippen LogP contribution < -0.4 is 0 Å². The molecule has 0 N–H and O–H groups in total. The molecule has 2 fully saturated rings. The maximum atomic E-state index is 12.9. The van der Waals surface area contributed by atoms with Gasteiger partial charge in [-0.15, -0.1) is 0 Å². The molecule has 2 amide bonds. The van der Waals surface area contributed by atoms with Gasteiger partial charge in [0.15, 0.2) is 0 Å². The number of rotatable bonds is 8. The van der Waals surface area contributed by atoms with Crippen LogP contribution in [-0.2, 0) is 16.0 Å². The summed E-state index contributed by atoms with van der Waals surface area (Å²) in [6.45, 7) is 3.29. The van der Waals surface area contributed by atoms with Crippen LogP contribution in [0, 0.1) is 5.92 Å². The van der Waals surface area contributed by atoms with Gasteiger partial charge in [0.25, 0.3) is 5.91 Å². The maximum Gasteiger partial charge on any atom is 0.257 e. The highest BCUT2D eigenvalue weighted by molar-refractivity contribution is 5.94. The van der Waals surface area contributed by atoms with Crippen LogP contribution in [0.5, 0.6) is 0 Å². The van der Waals surface area contributed by atoms with Crippen molar-refractivity contribution in [1.29, 1.82) is 0 Å². The molecule has 2 aliphatic rings. The second kappa shape index (κ2) is 10.6. The van der Waals surface area contributed by atoms with Gasteiger partial charge in [0.05, 0.1) is 17.9 Å². The third-order valence-corrected chi connectivity index (χ3v) is 6.43. The molecule has 0 aliphatic carbocycles. The predicted octanol–water partition coefficient (Wildman–Crippen LogP) is 3.77. The molecule has 2 saturated heterocycles. The first-order chi connectivity index (χ1) is 15.2. The molecule has 1 aromatic heterocycles. The van der Waals surface area contributed by atoms with Crippen LogP contribution in [0.2, 0.25) is 0 Å². The fraction of sp³-hybridized carbons (Fsp3) is 0.520. The fourth-order valence-corrected chi connectivity index (χ4v) is 4.60. The average molecular weight is 425 g/mol. The van der Waals surface area contributed by atoms with E-state index < -0.39 is 0 Å². The Bertz CT molecular complexity index is 822. The first-order valence-corrected chi connectivity index (χ1v) is 11.4. The van der Waals surface area contributed by atoms with Gasteiger partial charge in [0.2, 0.25) is 5.91 Å². The number of ether oxygens (including phenoxy) is 1. The second-order valence-electron chi connectivity index (χ2n) is 8.66. The van der Waals surface area contributed by atoms with Crippen LogP contribution in [0.4, 0.5) is 0 Å². The van der Waals surface area contributed by atoms with Gasteiger partial charge < -0.3 is 19.0 Å². The highest BCUT2D eigenvalue weighted by atomic mass is 16.5. The van der Waals surface area contributed by atoms with E-state index in [1.165, 1.54) is 18.1 Å². The zero-order valence-electron chi connectivity index (χ0n) is 18.1. The number of benzene rings is 1. The molecule has 6 heteroatoms. The summed E-state index contributed by atoms with van der Waals surface area (Å²) >= 11 is 0. The topological polar surface area (TPSA) is 63.0 Å². The molecule has 1 atom stereocenters. The number of furan rings is 1. The number of carbonyl (C=O) groups is 2. The van der Waals surface area contributed by atoms with E-state index in [0.717, 1.165) is 51.8 Å². The number of piperidine rings is 1. The third kappa shape index (κ3) is 5.97. The second-order valence-corrected chi connectivity index (χ2v) is 8.66. The third-order valence-electron chi connectivity index (χ3n) is 6.43. The number of hydrogen-bond acceptors (Lipinski definition) is 4. The predicted molar refractivity (Wildman–Crippen MR) is 118 cm³/mol. The lowest BCUT2D eigenvalue weighted by Gasteiger charge is -2.33. The van der Waals surface area contributed by atoms with E-state index in [0.29, 0.717) is 31.0 Å². The molecule has 31 heavy (non-hydrogen) atoms. The normalized spacial score (nSPS) is 19.5. The number of carbonyl (C=O) groups excluding carboxylic acids is 2. The molecular weight excluding hydrogens is 392 g/mol. The van der Waals surface area contributed by atoms with Crippen molar-refractivity contribution in [3.05, 3.63) is 60.1 Å². The Labute approximate surface area is 184 Å². The molecule has 166 valence electrons. The molecule has 0 bridgehead atoms. The minimum Gasteiger partial charge on any atom is -0.472 e. The van der Waals surface area contributed by atoms with Crippen molar-refractivity contribution in [3.63, 3.8) is 0 Å². The zero-order chi connectivity index (χ0) is 21.5. The van der Waals surface area contributed by atoms with Crippen LogP contribution in [0.3, 0.4) is 0 Å². The average Bonchev–Trinajstić information content (AvgIpc) is 3.51. The van der Waals surface area contributed by atoms with Crippen molar-refractivity contribution in [3.8, 4) is 0 Å². The molecule has 1 aromatic carbocycles. The van der Waals surface area contributed by atoms with E-state index in [2.05, 4.69) is 24.3 Å². The number of amides is 2. The van der Waals surface area contributed by atoms with Crippen LogP contribution in [-0.4, -0.2) is 60.5 Å². The largest absolute Gasteiger partial charge is 0.472 e. The maximum absolute atomic E-state index is 12.9. The molecule has 1 unspecified atom stereocenters. The Hall–Kier alpha value is -2.60. The Kier molecular flexibility index (Phi) is 7.41. The summed E-state index contributed by atoms with van der Waals surface area (Å²) < 4.78 is 10.8. The van der Waals surface area contributed by atoms with Crippen molar-refractivity contribution in [2.45, 2.75) is 44.6 Å². The minimum atomic E-state index is -0.0985. The molecule has 6 nitrogen and oxygen atoms in total. The molecular formula is C25H32N2O4. The fourth-order valence-electron chi connectivity index (χ4n) is 4.60. The van der Waals surface area contributed by atoms with Crippen molar-refractivity contribution in [2.75, 3.05) is 32.8 Å². The van der Waals surface area contributed by atoms with E-state index in [1.807, 2.05) is 11.0 Å². The van der Waals surface area contributed by atoms with Crippen molar-refractivity contribution >= 4 is 11.8 Å². The van der Waals surface area contributed by atoms with Crippen LogP contribution in [0.25, 0.3) is 0 Å².